The Labute approximate surface area is 294 Å². The molecule has 2 aliphatic rings. The van der Waals surface area contributed by atoms with Gasteiger partial charge in [0.1, 0.15) is 0 Å². The van der Waals surface area contributed by atoms with E-state index in [1.165, 1.54) is 83.1 Å². The van der Waals surface area contributed by atoms with Crippen molar-refractivity contribution in [3.8, 4) is 22.3 Å². The summed E-state index contributed by atoms with van der Waals surface area (Å²) in [7, 11) is 0. The fraction of sp³-hybridized carbons (Fsp3) is 0.0800. The van der Waals surface area contributed by atoms with Crippen molar-refractivity contribution < 1.29 is 0 Å². The van der Waals surface area contributed by atoms with E-state index in [4.69, 9.17) is 0 Å². The van der Waals surface area contributed by atoms with Crippen molar-refractivity contribution >= 4 is 10.8 Å². The summed E-state index contributed by atoms with van der Waals surface area (Å²) in [6.45, 7) is 2.43. The zero-order valence-electron chi connectivity index (χ0n) is 28.1. The Morgan fingerprint density at radius 1 is 0.380 bits per heavy atom. The quantitative estimate of drug-likeness (QED) is 0.180. The highest BCUT2D eigenvalue weighted by atomic mass is 14.5. The molecule has 2 unspecified atom stereocenters. The van der Waals surface area contributed by atoms with Gasteiger partial charge in [0, 0.05) is 5.41 Å². The minimum absolute atomic E-state index is 0.279. The molecular formula is C50H36. The van der Waals surface area contributed by atoms with Crippen LogP contribution in [0.2, 0.25) is 0 Å². The number of hydrogen-bond acceptors (Lipinski definition) is 0. The van der Waals surface area contributed by atoms with E-state index in [-0.39, 0.29) is 5.41 Å². The highest BCUT2D eigenvalue weighted by Gasteiger charge is 2.48. The van der Waals surface area contributed by atoms with E-state index in [9.17, 15) is 0 Å². The Kier molecular flexibility index (Phi) is 6.39. The smallest absolute Gasteiger partial charge is 0.0622 e. The summed E-state index contributed by atoms with van der Waals surface area (Å²) in [5.41, 5.74) is 16.7. The molecule has 0 heterocycles. The lowest BCUT2D eigenvalue weighted by molar-refractivity contribution is 0.657. The maximum absolute atomic E-state index is 2.43. The van der Waals surface area contributed by atoms with E-state index in [1.807, 2.05) is 0 Å². The molecule has 0 aliphatic heterocycles. The Hall–Kier alpha value is -5.98. The Bertz CT molecular complexity index is 2580. The van der Waals surface area contributed by atoms with Crippen LogP contribution in [0, 0.1) is 0 Å². The van der Waals surface area contributed by atoms with Crippen LogP contribution >= 0.6 is 0 Å². The number of benzene rings is 8. The van der Waals surface area contributed by atoms with Gasteiger partial charge in [-0.1, -0.05) is 188 Å². The fourth-order valence-electron chi connectivity index (χ4n) is 9.62. The van der Waals surface area contributed by atoms with Gasteiger partial charge < -0.3 is 0 Å². The molecular weight excluding hydrogens is 601 g/mol. The molecule has 8 aromatic carbocycles. The molecule has 0 spiro atoms. The van der Waals surface area contributed by atoms with E-state index < -0.39 is 5.41 Å². The van der Waals surface area contributed by atoms with Crippen LogP contribution in [0.25, 0.3) is 33.0 Å². The zero-order chi connectivity index (χ0) is 33.3. The third-order valence-corrected chi connectivity index (χ3v) is 11.8. The maximum Gasteiger partial charge on any atom is 0.0719 e. The second-order valence-corrected chi connectivity index (χ2v) is 14.1. The summed E-state index contributed by atoms with van der Waals surface area (Å²) < 4.78 is 0. The normalized spacial score (nSPS) is 18.6. The van der Waals surface area contributed by atoms with Crippen molar-refractivity contribution in [3.05, 3.63) is 238 Å². The summed E-state index contributed by atoms with van der Waals surface area (Å²) in [5, 5.41) is 2.58. The van der Waals surface area contributed by atoms with Gasteiger partial charge in [0.15, 0.2) is 0 Å². The Morgan fingerprint density at radius 3 is 1.72 bits per heavy atom. The second kappa shape index (κ2) is 11.0. The molecule has 0 saturated heterocycles. The van der Waals surface area contributed by atoms with Gasteiger partial charge in [-0.2, -0.15) is 0 Å². The van der Waals surface area contributed by atoms with Gasteiger partial charge in [0.25, 0.3) is 0 Å². The van der Waals surface area contributed by atoms with Crippen molar-refractivity contribution in [2.45, 2.75) is 24.2 Å². The molecule has 0 radical (unpaired) electrons. The molecule has 0 fully saturated rings. The van der Waals surface area contributed by atoms with E-state index in [2.05, 4.69) is 195 Å². The minimum Gasteiger partial charge on any atom is -0.0622 e. The molecule has 2 atom stereocenters. The van der Waals surface area contributed by atoms with E-state index >= 15 is 0 Å². The molecule has 0 amide bonds. The van der Waals surface area contributed by atoms with Crippen LogP contribution in [0.15, 0.2) is 188 Å². The van der Waals surface area contributed by atoms with Gasteiger partial charge in [-0.05, 0) is 96.4 Å². The van der Waals surface area contributed by atoms with Crippen LogP contribution in [0.3, 0.4) is 0 Å². The average molecular weight is 637 g/mol. The first kappa shape index (κ1) is 29.0. The van der Waals surface area contributed by atoms with Crippen molar-refractivity contribution in [1.29, 1.82) is 0 Å². The second-order valence-electron chi connectivity index (χ2n) is 14.1. The fourth-order valence-corrected chi connectivity index (χ4v) is 9.62. The molecule has 8 aromatic rings. The largest absolute Gasteiger partial charge is 0.0719 e. The summed E-state index contributed by atoms with van der Waals surface area (Å²) in [6.07, 6.45) is 0.897. The minimum atomic E-state index is -0.508. The van der Waals surface area contributed by atoms with Crippen LogP contribution in [0.4, 0.5) is 0 Å². The summed E-state index contributed by atoms with van der Waals surface area (Å²) in [6, 6.07) is 70.4. The third kappa shape index (κ3) is 3.88. The van der Waals surface area contributed by atoms with Crippen molar-refractivity contribution in [2.24, 2.45) is 0 Å². The summed E-state index contributed by atoms with van der Waals surface area (Å²) in [4.78, 5) is 0. The molecule has 0 bridgehead atoms. The van der Waals surface area contributed by atoms with Gasteiger partial charge in [-0.15, -0.1) is 0 Å². The van der Waals surface area contributed by atoms with Crippen LogP contribution < -0.4 is 0 Å². The standard InChI is InChI=1S/C50H36/c1-49(36-19-4-2-5-20-36)43-27-13-9-18-35(43)33-42-39(26-16-30-44(42)49)40-24-11-14-28-45(40)50(37-21-6-3-7-22-37)46-29-15-12-25-41(46)48-38-23-10-8-17-34(38)31-32-47(48)50/h2-32H,33H2,1H3. The first-order valence-electron chi connectivity index (χ1n) is 17.7. The Balaban J connectivity index is 1.31. The first-order valence-corrected chi connectivity index (χ1v) is 17.7. The van der Waals surface area contributed by atoms with Gasteiger partial charge in [-0.25, -0.2) is 0 Å². The van der Waals surface area contributed by atoms with Crippen LogP contribution in [-0.4, -0.2) is 0 Å². The summed E-state index contributed by atoms with van der Waals surface area (Å²) in [5.74, 6) is 0. The maximum atomic E-state index is 2.43. The molecule has 10 rings (SSSR count). The molecule has 0 aromatic heterocycles. The lowest BCUT2D eigenvalue weighted by Gasteiger charge is -2.40. The Morgan fingerprint density at radius 2 is 0.940 bits per heavy atom. The van der Waals surface area contributed by atoms with Crippen molar-refractivity contribution in [2.75, 3.05) is 0 Å². The zero-order valence-corrected chi connectivity index (χ0v) is 28.1. The van der Waals surface area contributed by atoms with Gasteiger partial charge in [-0.3, -0.25) is 0 Å². The molecule has 50 heavy (non-hydrogen) atoms. The predicted octanol–water partition coefficient (Wildman–Crippen LogP) is 12.1. The topological polar surface area (TPSA) is 0 Å². The molecule has 0 nitrogen and oxygen atoms in total. The molecule has 0 N–H and O–H groups in total. The molecule has 0 saturated carbocycles. The number of hydrogen-bond donors (Lipinski definition) is 0. The predicted molar refractivity (Wildman–Crippen MR) is 208 cm³/mol. The first-order chi connectivity index (χ1) is 24.7. The lowest BCUT2D eigenvalue weighted by atomic mass is 9.62. The summed E-state index contributed by atoms with van der Waals surface area (Å²) >= 11 is 0. The average Bonchev–Trinajstić information content (AvgIpc) is 3.50. The van der Waals surface area contributed by atoms with Crippen LogP contribution in [0.1, 0.15) is 57.0 Å². The SMILES string of the molecule is CC1(c2ccccc2)c2ccccc2Cc2c(-c3ccccc3C3(c4ccccc4)c4ccccc4-c4c3ccc3ccccc43)cccc21. The highest BCUT2D eigenvalue weighted by molar-refractivity contribution is 6.04. The van der Waals surface area contributed by atoms with Crippen LogP contribution in [-0.2, 0) is 17.3 Å². The molecule has 2 aliphatic carbocycles. The molecule has 0 heteroatoms. The number of fused-ring (bicyclic) bond motifs is 7. The van der Waals surface area contributed by atoms with Crippen molar-refractivity contribution in [1.82, 2.24) is 0 Å². The van der Waals surface area contributed by atoms with Gasteiger partial charge in [0.05, 0.1) is 5.41 Å². The highest BCUT2D eigenvalue weighted by Crippen LogP contribution is 2.59. The van der Waals surface area contributed by atoms with Gasteiger partial charge >= 0.3 is 0 Å². The monoisotopic (exact) mass is 636 g/mol. The van der Waals surface area contributed by atoms with E-state index in [0.29, 0.717) is 0 Å². The van der Waals surface area contributed by atoms with Crippen molar-refractivity contribution in [3.63, 3.8) is 0 Å². The van der Waals surface area contributed by atoms with E-state index in [1.54, 1.807) is 0 Å². The number of rotatable bonds is 4. The lowest BCUT2D eigenvalue weighted by Crippen LogP contribution is -2.32. The van der Waals surface area contributed by atoms with E-state index in [0.717, 1.165) is 6.42 Å². The van der Waals surface area contributed by atoms with Crippen LogP contribution in [0.5, 0.6) is 0 Å². The third-order valence-electron chi connectivity index (χ3n) is 11.8. The van der Waals surface area contributed by atoms with Gasteiger partial charge in [0.2, 0.25) is 0 Å². The molecule has 236 valence electrons.